The lowest BCUT2D eigenvalue weighted by Gasteiger charge is -2.12. The maximum Gasteiger partial charge on any atom is 0.145 e. The third kappa shape index (κ3) is 3.15. The highest BCUT2D eigenvalue weighted by Crippen LogP contribution is 2.39. The average Bonchev–Trinajstić information content (AvgIpc) is 3.36. The normalized spacial score (nSPS) is 11.4. The fraction of sp³-hybridized carbons (Fsp3) is 0. The molecular formula is C33H22N2. The van der Waals surface area contributed by atoms with Crippen LogP contribution in [0.1, 0.15) is 0 Å². The van der Waals surface area contributed by atoms with E-state index in [0.29, 0.717) is 0 Å². The highest BCUT2D eigenvalue weighted by atomic mass is 15.0. The fourth-order valence-corrected chi connectivity index (χ4v) is 5.18. The van der Waals surface area contributed by atoms with Crippen LogP contribution in [0, 0.1) is 0 Å². The Morgan fingerprint density at radius 2 is 1.00 bits per heavy atom. The second-order valence-corrected chi connectivity index (χ2v) is 8.84. The second-order valence-electron chi connectivity index (χ2n) is 8.84. The number of pyridine rings is 1. The summed E-state index contributed by atoms with van der Waals surface area (Å²) in [5.41, 5.74) is 7.93. The quantitative estimate of drug-likeness (QED) is 0.248. The number of rotatable bonds is 3. The molecule has 2 heterocycles. The summed E-state index contributed by atoms with van der Waals surface area (Å²) < 4.78 is 2.35. The molecule has 0 unspecified atom stereocenters. The maximum atomic E-state index is 5.33. The number of aromatic nitrogens is 2. The van der Waals surface area contributed by atoms with Crippen LogP contribution in [0.4, 0.5) is 0 Å². The van der Waals surface area contributed by atoms with Gasteiger partial charge in [-0.25, -0.2) is 4.98 Å². The van der Waals surface area contributed by atoms with Crippen molar-refractivity contribution in [1.29, 1.82) is 0 Å². The van der Waals surface area contributed by atoms with Crippen molar-refractivity contribution in [2.75, 3.05) is 0 Å². The lowest BCUT2D eigenvalue weighted by Crippen LogP contribution is -1.94. The molecule has 0 N–H and O–H groups in total. The largest absolute Gasteiger partial charge is 0.291 e. The molecule has 0 fully saturated rings. The van der Waals surface area contributed by atoms with Crippen molar-refractivity contribution in [3.05, 3.63) is 133 Å². The van der Waals surface area contributed by atoms with E-state index in [-0.39, 0.29) is 0 Å². The molecule has 2 aromatic heterocycles. The Labute approximate surface area is 203 Å². The van der Waals surface area contributed by atoms with Crippen molar-refractivity contribution in [2.45, 2.75) is 0 Å². The maximum absolute atomic E-state index is 5.33. The predicted molar refractivity (Wildman–Crippen MR) is 147 cm³/mol. The smallest absolute Gasteiger partial charge is 0.145 e. The van der Waals surface area contributed by atoms with Gasteiger partial charge in [0.2, 0.25) is 0 Å². The molecule has 0 saturated carbocycles. The Morgan fingerprint density at radius 1 is 0.429 bits per heavy atom. The van der Waals surface area contributed by atoms with Gasteiger partial charge in [0, 0.05) is 21.9 Å². The molecule has 2 nitrogen and oxygen atoms in total. The van der Waals surface area contributed by atoms with Crippen LogP contribution in [0.15, 0.2) is 133 Å². The number of hydrogen-bond acceptors (Lipinski definition) is 1. The number of para-hydroxylation sites is 1. The van der Waals surface area contributed by atoms with Crippen LogP contribution in [-0.2, 0) is 0 Å². The topological polar surface area (TPSA) is 17.3 Å². The lowest BCUT2D eigenvalue weighted by atomic mass is 10.0. The lowest BCUT2D eigenvalue weighted by molar-refractivity contribution is 1.22. The minimum atomic E-state index is 0.957. The van der Waals surface area contributed by atoms with Gasteiger partial charge in [-0.2, -0.15) is 0 Å². The Balaban J connectivity index is 1.63. The molecule has 35 heavy (non-hydrogen) atoms. The summed E-state index contributed by atoms with van der Waals surface area (Å²) in [7, 11) is 0. The number of imidazole rings is 1. The summed E-state index contributed by atoms with van der Waals surface area (Å²) >= 11 is 0. The van der Waals surface area contributed by atoms with Crippen LogP contribution >= 0.6 is 0 Å². The number of nitrogens with zero attached hydrogens (tertiary/aromatic N) is 2. The highest BCUT2D eigenvalue weighted by molar-refractivity contribution is 6.16. The number of hydrogen-bond donors (Lipinski definition) is 0. The van der Waals surface area contributed by atoms with Crippen LogP contribution in [0.5, 0.6) is 0 Å². The van der Waals surface area contributed by atoms with E-state index in [0.717, 1.165) is 33.7 Å². The summed E-state index contributed by atoms with van der Waals surface area (Å²) in [6, 6.07) is 47.1. The molecule has 0 radical (unpaired) electrons. The summed E-state index contributed by atoms with van der Waals surface area (Å²) in [6.07, 6.45) is 0. The molecule has 0 aliphatic carbocycles. The van der Waals surface area contributed by atoms with Crippen LogP contribution in [0.25, 0.3) is 61.0 Å². The Kier molecular flexibility index (Phi) is 4.49. The Hall–Kier alpha value is -4.69. The predicted octanol–water partition coefficient (Wildman–Crippen LogP) is 8.64. The first-order chi connectivity index (χ1) is 17.4. The van der Waals surface area contributed by atoms with E-state index in [1.54, 1.807) is 0 Å². The zero-order valence-electron chi connectivity index (χ0n) is 19.1. The van der Waals surface area contributed by atoms with Crippen molar-refractivity contribution in [1.82, 2.24) is 9.38 Å². The van der Waals surface area contributed by atoms with E-state index >= 15 is 0 Å². The summed E-state index contributed by atoms with van der Waals surface area (Å²) in [4.78, 5) is 5.33. The van der Waals surface area contributed by atoms with Crippen molar-refractivity contribution >= 4 is 27.2 Å². The first-order valence-electron chi connectivity index (χ1n) is 11.9. The Morgan fingerprint density at radius 3 is 1.77 bits per heavy atom. The van der Waals surface area contributed by atoms with Crippen LogP contribution < -0.4 is 0 Å². The van der Waals surface area contributed by atoms with Crippen LogP contribution in [0.2, 0.25) is 0 Å². The van der Waals surface area contributed by atoms with E-state index in [1.807, 2.05) is 0 Å². The molecule has 0 atom stereocenters. The standard InChI is InChI=1S/C33H22N2/c1-3-12-23(13-4-1)25-16-11-17-26(22-25)33-34-31(24-14-5-2-6-15-24)32-29-20-8-7-18-27(29)28-19-9-10-21-30(28)35(32)33/h1-22H. The summed E-state index contributed by atoms with van der Waals surface area (Å²) in [6.45, 7) is 0. The molecule has 7 aromatic rings. The molecule has 0 bridgehead atoms. The van der Waals surface area contributed by atoms with Gasteiger partial charge in [0.25, 0.3) is 0 Å². The molecule has 0 aliphatic rings. The molecule has 0 spiro atoms. The SMILES string of the molecule is c1ccc(-c2cccc(-c3nc(-c4ccccc4)c4c5ccccc5c5ccccc5n34)c2)cc1. The molecule has 2 heteroatoms. The molecular weight excluding hydrogens is 424 g/mol. The molecule has 0 amide bonds. The monoisotopic (exact) mass is 446 g/mol. The minimum Gasteiger partial charge on any atom is -0.291 e. The first-order valence-corrected chi connectivity index (χ1v) is 11.9. The average molecular weight is 447 g/mol. The van der Waals surface area contributed by atoms with Gasteiger partial charge < -0.3 is 0 Å². The van der Waals surface area contributed by atoms with E-state index in [4.69, 9.17) is 4.98 Å². The number of benzene rings is 5. The van der Waals surface area contributed by atoms with E-state index < -0.39 is 0 Å². The van der Waals surface area contributed by atoms with Crippen molar-refractivity contribution < 1.29 is 0 Å². The minimum absolute atomic E-state index is 0.957. The highest BCUT2D eigenvalue weighted by Gasteiger charge is 2.20. The van der Waals surface area contributed by atoms with Gasteiger partial charge in [-0.15, -0.1) is 0 Å². The van der Waals surface area contributed by atoms with Gasteiger partial charge in [-0.1, -0.05) is 121 Å². The fourth-order valence-electron chi connectivity index (χ4n) is 5.18. The van der Waals surface area contributed by atoms with Crippen molar-refractivity contribution in [3.8, 4) is 33.8 Å². The van der Waals surface area contributed by atoms with Gasteiger partial charge >= 0.3 is 0 Å². The molecule has 5 aromatic carbocycles. The summed E-state index contributed by atoms with van der Waals surface area (Å²) in [5, 5.41) is 3.69. The third-order valence-corrected chi connectivity index (χ3v) is 6.77. The van der Waals surface area contributed by atoms with Crippen LogP contribution in [-0.4, -0.2) is 9.38 Å². The van der Waals surface area contributed by atoms with Gasteiger partial charge in [-0.3, -0.25) is 4.40 Å². The molecule has 0 aliphatic heterocycles. The van der Waals surface area contributed by atoms with Crippen molar-refractivity contribution in [3.63, 3.8) is 0 Å². The zero-order chi connectivity index (χ0) is 23.2. The van der Waals surface area contributed by atoms with E-state index in [9.17, 15) is 0 Å². The summed E-state index contributed by atoms with van der Waals surface area (Å²) in [5.74, 6) is 0.957. The van der Waals surface area contributed by atoms with Gasteiger partial charge in [0.15, 0.2) is 0 Å². The number of fused-ring (bicyclic) bond motifs is 6. The second kappa shape index (κ2) is 7.96. The van der Waals surface area contributed by atoms with E-state index in [2.05, 4.69) is 138 Å². The molecule has 164 valence electrons. The zero-order valence-corrected chi connectivity index (χ0v) is 19.1. The molecule has 7 rings (SSSR count). The third-order valence-electron chi connectivity index (χ3n) is 6.77. The van der Waals surface area contributed by atoms with Gasteiger partial charge in [0.05, 0.1) is 16.7 Å². The van der Waals surface area contributed by atoms with Gasteiger partial charge in [-0.05, 0) is 28.6 Å². The van der Waals surface area contributed by atoms with Gasteiger partial charge in [0.1, 0.15) is 5.82 Å². The first kappa shape index (κ1) is 19.7. The molecule has 0 saturated heterocycles. The van der Waals surface area contributed by atoms with Crippen molar-refractivity contribution in [2.24, 2.45) is 0 Å². The van der Waals surface area contributed by atoms with E-state index in [1.165, 1.54) is 27.3 Å². The van der Waals surface area contributed by atoms with Crippen LogP contribution in [0.3, 0.4) is 0 Å². The Bertz CT molecular complexity index is 1830.